The van der Waals surface area contributed by atoms with Crippen LogP contribution in [0.25, 0.3) is 0 Å². The number of hydrogen-bond donors (Lipinski definition) is 2. The molecule has 6 nitrogen and oxygen atoms in total. The van der Waals surface area contributed by atoms with E-state index in [1.54, 1.807) is 0 Å². The molecule has 0 aromatic heterocycles. The number of halogens is 4. The number of nitrogens with one attached hydrogen (secondary N) is 2. The van der Waals surface area contributed by atoms with Gasteiger partial charge in [0, 0.05) is 5.56 Å². The van der Waals surface area contributed by atoms with Crippen LogP contribution in [-0.2, 0) is 20.5 Å². The van der Waals surface area contributed by atoms with Gasteiger partial charge in [0.05, 0.1) is 11.3 Å². The molecule has 2 N–H and O–H groups in total. The molecule has 0 aliphatic rings. The van der Waals surface area contributed by atoms with E-state index in [0.29, 0.717) is 0 Å². The standard InChI is InChI=1S/C18H14F4N2O4/c19-12-7-5-11(6-8-12)17(27)23-9-16(26)28-10-15(25)24-14-4-2-1-3-13(14)18(20,21)22/h1-8H,9-10H2,(H,23,27)(H,24,25). The molecule has 28 heavy (non-hydrogen) atoms. The summed E-state index contributed by atoms with van der Waals surface area (Å²) < 4.78 is 55.9. The van der Waals surface area contributed by atoms with Crippen molar-refractivity contribution >= 4 is 23.5 Å². The Hall–Kier alpha value is -3.43. The van der Waals surface area contributed by atoms with Gasteiger partial charge in [-0.1, -0.05) is 12.1 Å². The molecule has 0 atom stereocenters. The minimum Gasteiger partial charge on any atom is -0.454 e. The maximum atomic E-state index is 12.9. The number of carbonyl (C=O) groups excluding carboxylic acids is 3. The van der Waals surface area contributed by atoms with Crippen molar-refractivity contribution in [2.75, 3.05) is 18.5 Å². The van der Waals surface area contributed by atoms with E-state index in [1.165, 1.54) is 24.3 Å². The van der Waals surface area contributed by atoms with Crippen molar-refractivity contribution in [3.05, 3.63) is 65.5 Å². The highest BCUT2D eigenvalue weighted by Gasteiger charge is 2.33. The fourth-order valence-electron chi connectivity index (χ4n) is 2.08. The van der Waals surface area contributed by atoms with Crippen LogP contribution in [0.15, 0.2) is 48.5 Å². The molecule has 0 radical (unpaired) electrons. The predicted octanol–water partition coefficient (Wildman–Crippen LogP) is 2.76. The Kier molecular flexibility index (Phi) is 6.69. The van der Waals surface area contributed by atoms with E-state index < -0.39 is 54.2 Å². The Labute approximate surface area is 156 Å². The van der Waals surface area contributed by atoms with Gasteiger partial charge in [0.2, 0.25) is 0 Å². The molecule has 0 fully saturated rings. The highest BCUT2D eigenvalue weighted by atomic mass is 19.4. The first-order valence-corrected chi connectivity index (χ1v) is 7.82. The van der Waals surface area contributed by atoms with Gasteiger partial charge in [-0.05, 0) is 36.4 Å². The molecule has 0 aliphatic heterocycles. The number of rotatable bonds is 6. The molecule has 0 saturated heterocycles. The third-order valence-electron chi connectivity index (χ3n) is 3.37. The van der Waals surface area contributed by atoms with Crippen molar-refractivity contribution < 1.29 is 36.7 Å². The zero-order valence-electron chi connectivity index (χ0n) is 14.2. The van der Waals surface area contributed by atoms with Crippen LogP contribution in [0.5, 0.6) is 0 Å². The lowest BCUT2D eigenvalue weighted by molar-refractivity contribution is -0.146. The molecule has 2 amide bonds. The molecule has 2 aromatic rings. The molecule has 0 heterocycles. The monoisotopic (exact) mass is 398 g/mol. The number of amides is 2. The largest absolute Gasteiger partial charge is 0.454 e. The second kappa shape index (κ2) is 8.98. The molecule has 10 heteroatoms. The molecule has 2 rings (SSSR count). The maximum Gasteiger partial charge on any atom is 0.418 e. The summed E-state index contributed by atoms with van der Waals surface area (Å²) in [6.07, 6.45) is -4.66. The summed E-state index contributed by atoms with van der Waals surface area (Å²) in [5.74, 6) is -3.15. The van der Waals surface area contributed by atoms with Crippen LogP contribution in [0, 0.1) is 5.82 Å². The fourth-order valence-corrected chi connectivity index (χ4v) is 2.08. The zero-order chi connectivity index (χ0) is 20.7. The summed E-state index contributed by atoms with van der Waals surface area (Å²) >= 11 is 0. The van der Waals surface area contributed by atoms with Crippen molar-refractivity contribution in [2.45, 2.75) is 6.18 Å². The Morgan fingerprint density at radius 2 is 1.61 bits per heavy atom. The van der Waals surface area contributed by atoms with Crippen molar-refractivity contribution in [1.29, 1.82) is 0 Å². The molecule has 2 aromatic carbocycles. The van der Waals surface area contributed by atoms with Crippen LogP contribution in [0.3, 0.4) is 0 Å². The van der Waals surface area contributed by atoms with E-state index in [0.717, 1.165) is 24.3 Å². The average molecular weight is 398 g/mol. The van der Waals surface area contributed by atoms with Gasteiger partial charge in [-0.15, -0.1) is 0 Å². The van der Waals surface area contributed by atoms with Crippen molar-refractivity contribution in [1.82, 2.24) is 5.32 Å². The highest BCUT2D eigenvalue weighted by molar-refractivity contribution is 5.96. The molecular formula is C18H14F4N2O4. The van der Waals surface area contributed by atoms with Crippen molar-refractivity contribution in [3.8, 4) is 0 Å². The number of benzene rings is 2. The topological polar surface area (TPSA) is 84.5 Å². The number of hydrogen-bond acceptors (Lipinski definition) is 4. The lowest BCUT2D eigenvalue weighted by Gasteiger charge is -2.13. The molecule has 148 valence electrons. The second-order valence-corrected chi connectivity index (χ2v) is 5.44. The molecule has 0 saturated carbocycles. The Balaban J connectivity index is 1.81. The summed E-state index contributed by atoms with van der Waals surface area (Å²) in [5.41, 5.74) is -1.40. The first-order valence-electron chi connectivity index (χ1n) is 7.82. The van der Waals surface area contributed by atoms with E-state index in [-0.39, 0.29) is 5.56 Å². The van der Waals surface area contributed by atoms with E-state index >= 15 is 0 Å². The van der Waals surface area contributed by atoms with Crippen LogP contribution in [-0.4, -0.2) is 30.9 Å². The number of alkyl halides is 3. The number of anilines is 1. The third-order valence-corrected chi connectivity index (χ3v) is 3.37. The van der Waals surface area contributed by atoms with Crippen LogP contribution < -0.4 is 10.6 Å². The zero-order valence-corrected chi connectivity index (χ0v) is 14.2. The summed E-state index contributed by atoms with van der Waals surface area (Å²) in [6, 6.07) is 8.89. The van der Waals surface area contributed by atoms with Gasteiger partial charge in [-0.25, -0.2) is 4.39 Å². The normalized spacial score (nSPS) is 10.9. The second-order valence-electron chi connectivity index (χ2n) is 5.44. The molecule has 0 bridgehead atoms. The van der Waals surface area contributed by atoms with Crippen molar-refractivity contribution in [2.24, 2.45) is 0 Å². The summed E-state index contributed by atoms with van der Waals surface area (Å²) in [6.45, 7) is -1.42. The van der Waals surface area contributed by atoms with Gasteiger partial charge in [0.25, 0.3) is 11.8 Å². The summed E-state index contributed by atoms with van der Waals surface area (Å²) in [7, 11) is 0. The highest BCUT2D eigenvalue weighted by Crippen LogP contribution is 2.34. The number of para-hydroxylation sites is 1. The van der Waals surface area contributed by atoms with Crippen molar-refractivity contribution in [3.63, 3.8) is 0 Å². The van der Waals surface area contributed by atoms with E-state index in [1.807, 2.05) is 5.32 Å². The summed E-state index contributed by atoms with van der Waals surface area (Å²) in [4.78, 5) is 35.0. The lowest BCUT2D eigenvalue weighted by atomic mass is 10.1. The van der Waals surface area contributed by atoms with Crippen LogP contribution in [0.2, 0.25) is 0 Å². The van der Waals surface area contributed by atoms with E-state index in [9.17, 15) is 31.9 Å². The van der Waals surface area contributed by atoms with Gasteiger partial charge in [-0.3, -0.25) is 14.4 Å². The van der Waals surface area contributed by atoms with Gasteiger partial charge in [-0.2, -0.15) is 13.2 Å². The first-order chi connectivity index (χ1) is 13.2. The van der Waals surface area contributed by atoms with Gasteiger partial charge in [0.15, 0.2) is 6.61 Å². The smallest absolute Gasteiger partial charge is 0.418 e. The molecule has 0 spiro atoms. The SMILES string of the molecule is O=C(COC(=O)CNC(=O)c1ccc(F)cc1)Nc1ccccc1C(F)(F)F. The Morgan fingerprint density at radius 3 is 2.25 bits per heavy atom. The minimum atomic E-state index is -4.66. The van der Waals surface area contributed by atoms with E-state index in [4.69, 9.17) is 0 Å². The Bertz CT molecular complexity index is 867. The lowest BCUT2D eigenvalue weighted by Crippen LogP contribution is -2.32. The third kappa shape index (κ3) is 6.08. The quantitative estimate of drug-likeness (QED) is 0.579. The van der Waals surface area contributed by atoms with Crippen LogP contribution >= 0.6 is 0 Å². The summed E-state index contributed by atoms with van der Waals surface area (Å²) in [5, 5.41) is 4.21. The van der Waals surface area contributed by atoms with Gasteiger partial charge >= 0.3 is 12.1 Å². The van der Waals surface area contributed by atoms with E-state index in [2.05, 4.69) is 10.1 Å². The Morgan fingerprint density at radius 1 is 0.964 bits per heavy atom. The average Bonchev–Trinajstić information content (AvgIpc) is 2.64. The minimum absolute atomic E-state index is 0.107. The maximum absolute atomic E-state index is 12.9. The molecule has 0 unspecified atom stereocenters. The van der Waals surface area contributed by atoms with Crippen LogP contribution in [0.4, 0.5) is 23.2 Å². The van der Waals surface area contributed by atoms with Gasteiger partial charge < -0.3 is 15.4 Å². The first kappa shape index (κ1) is 20.9. The number of esters is 1. The predicted molar refractivity (Wildman–Crippen MR) is 89.8 cm³/mol. The fraction of sp³-hybridized carbons (Fsp3) is 0.167. The number of ether oxygens (including phenoxy) is 1. The molecule has 0 aliphatic carbocycles. The van der Waals surface area contributed by atoms with Crippen LogP contribution in [0.1, 0.15) is 15.9 Å². The molecular weight excluding hydrogens is 384 g/mol. The van der Waals surface area contributed by atoms with Gasteiger partial charge in [0.1, 0.15) is 12.4 Å². The number of carbonyl (C=O) groups is 3.